The standard InChI is InChI=1S/C18H15Cl2N3O3/c1-18(13-4-2-3-5-14(13)20)16(25)23(17(26)22-18)10-15(24)21-12-8-6-11(19)7-9-12/h2-9H,10H2,1H3,(H,21,24)(H,22,26)/t18-/m0/s1. The van der Waals surface area contributed by atoms with Gasteiger partial charge in [0.1, 0.15) is 12.1 Å². The lowest BCUT2D eigenvalue weighted by Crippen LogP contribution is -2.42. The summed E-state index contributed by atoms with van der Waals surface area (Å²) in [7, 11) is 0. The zero-order valence-corrected chi connectivity index (χ0v) is 15.3. The minimum absolute atomic E-state index is 0.358. The van der Waals surface area contributed by atoms with Gasteiger partial charge in [0.25, 0.3) is 5.91 Å². The van der Waals surface area contributed by atoms with Crippen LogP contribution in [0, 0.1) is 0 Å². The second-order valence-electron chi connectivity index (χ2n) is 5.98. The molecule has 2 aromatic rings. The molecule has 0 saturated carbocycles. The maximum atomic E-state index is 12.8. The van der Waals surface area contributed by atoms with Crippen molar-refractivity contribution in [3.8, 4) is 0 Å². The van der Waals surface area contributed by atoms with Crippen molar-refractivity contribution in [3.05, 3.63) is 64.1 Å². The Kier molecular flexibility index (Phi) is 4.89. The first-order valence-corrected chi connectivity index (χ1v) is 8.51. The number of amides is 4. The summed E-state index contributed by atoms with van der Waals surface area (Å²) in [4.78, 5) is 38.2. The van der Waals surface area contributed by atoms with Gasteiger partial charge in [0, 0.05) is 21.3 Å². The van der Waals surface area contributed by atoms with Crippen LogP contribution in [0.25, 0.3) is 0 Å². The predicted octanol–water partition coefficient (Wildman–Crippen LogP) is 3.40. The van der Waals surface area contributed by atoms with Gasteiger partial charge < -0.3 is 10.6 Å². The van der Waals surface area contributed by atoms with Crippen molar-refractivity contribution in [3.63, 3.8) is 0 Å². The zero-order chi connectivity index (χ0) is 18.9. The summed E-state index contributed by atoms with van der Waals surface area (Å²) >= 11 is 12.0. The van der Waals surface area contributed by atoms with Crippen molar-refractivity contribution in [2.24, 2.45) is 0 Å². The number of benzene rings is 2. The van der Waals surface area contributed by atoms with E-state index in [0.717, 1.165) is 4.90 Å². The number of imide groups is 1. The van der Waals surface area contributed by atoms with Gasteiger partial charge in [-0.3, -0.25) is 14.5 Å². The third-order valence-electron chi connectivity index (χ3n) is 4.12. The molecule has 1 fully saturated rings. The van der Waals surface area contributed by atoms with Gasteiger partial charge in [-0.05, 0) is 37.3 Å². The quantitative estimate of drug-likeness (QED) is 0.783. The lowest BCUT2D eigenvalue weighted by Gasteiger charge is -2.23. The van der Waals surface area contributed by atoms with Crippen LogP contribution < -0.4 is 10.6 Å². The van der Waals surface area contributed by atoms with Crippen LogP contribution in [0.3, 0.4) is 0 Å². The van der Waals surface area contributed by atoms with Crippen LogP contribution in [-0.2, 0) is 15.1 Å². The highest BCUT2D eigenvalue weighted by Gasteiger charge is 2.50. The van der Waals surface area contributed by atoms with E-state index in [4.69, 9.17) is 23.2 Å². The Bertz CT molecular complexity index is 886. The van der Waals surface area contributed by atoms with Crippen LogP contribution in [0.2, 0.25) is 10.0 Å². The average molecular weight is 392 g/mol. The SMILES string of the molecule is C[C@@]1(c2ccccc2Cl)NC(=O)N(CC(=O)Nc2ccc(Cl)cc2)C1=O. The van der Waals surface area contributed by atoms with E-state index in [1.807, 2.05) is 0 Å². The molecule has 26 heavy (non-hydrogen) atoms. The van der Waals surface area contributed by atoms with Crippen molar-refractivity contribution in [1.29, 1.82) is 0 Å². The van der Waals surface area contributed by atoms with E-state index < -0.39 is 29.9 Å². The molecule has 1 aliphatic rings. The summed E-state index contributed by atoms with van der Waals surface area (Å²) in [5.74, 6) is -1.04. The molecule has 1 saturated heterocycles. The smallest absolute Gasteiger partial charge is 0.325 e. The van der Waals surface area contributed by atoms with Crippen molar-refractivity contribution >= 4 is 46.7 Å². The Morgan fingerprint density at radius 3 is 2.42 bits per heavy atom. The number of anilines is 1. The minimum atomic E-state index is -1.32. The van der Waals surface area contributed by atoms with E-state index in [2.05, 4.69) is 10.6 Å². The molecule has 8 heteroatoms. The Balaban J connectivity index is 1.76. The molecule has 1 atom stereocenters. The third-order valence-corrected chi connectivity index (χ3v) is 4.70. The normalized spacial score (nSPS) is 19.4. The van der Waals surface area contributed by atoms with E-state index in [9.17, 15) is 14.4 Å². The molecule has 1 heterocycles. The Hall–Kier alpha value is -2.57. The van der Waals surface area contributed by atoms with Gasteiger partial charge in [-0.1, -0.05) is 41.4 Å². The minimum Gasteiger partial charge on any atom is -0.325 e. The molecule has 2 N–H and O–H groups in total. The van der Waals surface area contributed by atoms with E-state index >= 15 is 0 Å². The van der Waals surface area contributed by atoms with Gasteiger partial charge in [-0.2, -0.15) is 0 Å². The van der Waals surface area contributed by atoms with Crippen LogP contribution >= 0.6 is 23.2 Å². The van der Waals surface area contributed by atoms with Gasteiger partial charge in [0.15, 0.2) is 0 Å². The van der Waals surface area contributed by atoms with Gasteiger partial charge >= 0.3 is 6.03 Å². The molecule has 0 radical (unpaired) electrons. The largest absolute Gasteiger partial charge is 0.325 e. The van der Waals surface area contributed by atoms with E-state index in [0.29, 0.717) is 21.3 Å². The summed E-state index contributed by atoms with van der Waals surface area (Å²) in [5.41, 5.74) is -0.336. The number of rotatable bonds is 4. The number of urea groups is 1. The maximum absolute atomic E-state index is 12.8. The van der Waals surface area contributed by atoms with Crippen LogP contribution in [0.15, 0.2) is 48.5 Å². The second-order valence-corrected chi connectivity index (χ2v) is 6.83. The zero-order valence-electron chi connectivity index (χ0n) is 13.8. The molecule has 3 rings (SSSR count). The summed E-state index contributed by atoms with van der Waals surface area (Å²) in [6.07, 6.45) is 0. The Morgan fingerprint density at radius 1 is 1.12 bits per heavy atom. The molecular weight excluding hydrogens is 377 g/mol. The molecule has 0 spiro atoms. The molecule has 2 aromatic carbocycles. The summed E-state index contributed by atoms with van der Waals surface area (Å²) in [6.45, 7) is 1.15. The fourth-order valence-electron chi connectivity index (χ4n) is 2.77. The van der Waals surface area contributed by atoms with Crippen molar-refractivity contribution in [1.82, 2.24) is 10.2 Å². The summed E-state index contributed by atoms with van der Waals surface area (Å²) in [6, 6.07) is 12.6. The number of halogens is 2. The fourth-order valence-corrected chi connectivity index (χ4v) is 3.22. The van der Waals surface area contributed by atoms with E-state index in [1.54, 1.807) is 55.5 Å². The van der Waals surface area contributed by atoms with Crippen LogP contribution in [0.5, 0.6) is 0 Å². The number of nitrogens with one attached hydrogen (secondary N) is 2. The van der Waals surface area contributed by atoms with Gasteiger partial charge in [0.2, 0.25) is 5.91 Å². The molecule has 1 aliphatic heterocycles. The Morgan fingerprint density at radius 2 is 1.77 bits per heavy atom. The summed E-state index contributed by atoms with van der Waals surface area (Å²) in [5, 5.41) is 6.13. The van der Waals surface area contributed by atoms with Gasteiger partial charge in [-0.15, -0.1) is 0 Å². The average Bonchev–Trinajstić information content (AvgIpc) is 2.81. The monoisotopic (exact) mass is 391 g/mol. The number of hydrogen-bond donors (Lipinski definition) is 2. The van der Waals surface area contributed by atoms with Crippen LogP contribution in [0.1, 0.15) is 12.5 Å². The molecule has 4 amide bonds. The first-order valence-electron chi connectivity index (χ1n) is 7.76. The first-order chi connectivity index (χ1) is 12.3. The highest BCUT2D eigenvalue weighted by Crippen LogP contribution is 2.33. The van der Waals surface area contributed by atoms with E-state index in [1.165, 1.54) is 0 Å². The number of nitrogens with zero attached hydrogens (tertiary/aromatic N) is 1. The lowest BCUT2D eigenvalue weighted by atomic mass is 9.92. The topological polar surface area (TPSA) is 78.5 Å². The highest BCUT2D eigenvalue weighted by molar-refractivity contribution is 6.32. The maximum Gasteiger partial charge on any atom is 0.325 e. The molecular formula is C18H15Cl2N3O3. The lowest BCUT2D eigenvalue weighted by molar-refractivity contribution is -0.133. The molecule has 134 valence electrons. The van der Waals surface area contributed by atoms with Crippen molar-refractivity contribution < 1.29 is 14.4 Å². The number of hydrogen-bond acceptors (Lipinski definition) is 3. The predicted molar refractivity (Wildman–Crippen MR) is 99.1 cm³/mol. The molecule has 0 aliphatic carbocycles. The van der Waals surface area contributed by atoms with Crippen molar-refractivity contribution in [2.45, 2.75) is 12.5 Å². The first kappa shape index (κ1) is 18.2. The third kappa shape index (κ3) is 3.38. The van der Waals surface area contributed by atoms with E-state index in [-0.39, 0.29) is 0 Å². The highest BCUT2D eigenvalue weighted by atomic mass is 35.5. The number of carbonyl (C=O) groups excluding carboxylic acids is 3. The molecule has 0 bridgehead atoms. The van der Waals surface area contributed by atoms with Crippen molar-refractivity contribution in [2.75, 3.05) is 11.9 Å². The number of carbonyl (C=O) groups is 3. The van der Waals surface area contributed by atoms with Gasteiger partial charge in [-0.25, -0.2) is 4.79 Å². The van der Waals surface area contributed by atoms with Gasteiger partial charge in [0.05, 0.1) is 0 Å². The molecule has 0 aromatic heterocycles. The fraction of sp³-hybridized carbons (Fsp3) is 0.167. The molecule has 0 unspecified atom stereocenters. The van der Waals surface area contributed by atoms with Crippen LogP contribution in [-0.4, -0.2) is 29.3 Å². The Labute approximate surface area is 160 Å². The van der Waals surface area contributed by atoms with Crippen LogP contribution in [0.4, 0.5) is 10.5 Å². The second kappa shape index (κ2) is 6.97. The summed E-state index contributed by atoms with van der Waals surface area (Å²) < 4.78 is 0. The molecule has 6 nitrogen and oxygen atoms in total.